The van der Waals surface area contributed by atoms with Gasteiger partial charge in [0, 0.05) is 19.7 Å². The minimum Gasteiger partial charge on any atom is -0.377 e. The third-order valence-electron chi connectivity index (χ3n) is 5.23. The second-order valence-electron chi connectivity index (χ2n) is 6.18. The largest absolute Gasteiger partial charge is 0.377 e. The molecule has 1 heterocycles. The van der Waals surface area contributed by atoms with Crippen molar-refractivity contribution < 1.29 is 4.74 Å². The lowest BCUT2D eigenvalue weighted by molar-refractivity contribution is -0.0718. The quantitative estimate of drug-likeness (QED) is 0.787. The lowest BCUT2D eigenvalue weighted by Gasteiger charge is -2.42. The molecule has 3 heteroatoms. The number of nitrogens with one attached hydrogen (secondary N) is 1. The van der Waals surface area contributed by atoms with Gasteiger partial charge in [-0.2, -0.15) is 0 Å². The van der Waals surface area contributed by atoms with Crippen molar-refractivity contribution in [3.63, 3.8) is 0 Å². The standard InChI is InChI=1S/C15H30N2O/c1-4-17-10-6-14(7-11-17)13(2)16-12-15(18-3)8-5-9-15/h13-14,16H,4-12H2,1-3H3. The van der Waals surface area contributed by atoms with Crippen LogP contribution in [-0.4, -0.2) is 49.8 Å². The monoisotopic (exact) mass is 254 g/mol. The molecule has 2 aliphatic rings. The zero-order valence-electron chi connectivity index (χ0n) is 12.4. The molecule has 0 aromatic rings. The van der Waals surface area contributed by atoms with Crippen molar-refractivity contribution >= 4 is 0 Å². The van der Waals surface area contributed by atoms with Gasteiger partial charge in [0.1, 0.15) is 0 Å². The number of likely N-dealkylation sites (tertiary alicyclic amines) is 1. The predicted molar refractivity (Wildman–Crippen MR) is 75.9 cm³/mol. The van der Waals surface area contributed by atoms with Crippen LogP contribution in [0.1, 0.15) is 46.0 Å². The maximum atomic E-state index is 5.68. The van der Waals surface area contributed by atoms with E-state index in [1.54, 1.807) is 0 Å². The summed E-state index contributed by atoms with van der Waals surface area (Å²) < 4.78 is 5.68. The second-order valence-corrected chi connectivity index (χ2v) is 6.18. The fourth-order valence-electron chi connectivity index (χ4n) is 3.31. The molecule has 0 amide bonds. The highest BCUT2D eigenvalue weighted by Crippen LogP contribution is 2.34. The highest BCUT2D eigenvalue weighted by molar-refractivity contribution is 4.93. The Kier molecular flexibility index (Phi) is 5.05. The fraction of sp³-hybridized carbons (Fsp3) is 1.00. The molecule has 1 saturated heterocycles. The van der Waals surface area contributed by atoms with Gasteiger partial charge in [0.2, 0.25) is 0 Å². The van der Waals surface area contributed by atoms with Crippen LogP contribution in [0, 0.1) is 5.92 Å². The zero-order chi connectivity index (χ0) is 13.0. The van der Waals surface area contributed by atoms with E-state index in [1.165, 1.54) is 51.7 Å². The summed E-state index contributed by atoms with van der Waals surface area (Å²) in [5, 5.41) is 3.74. The Hall–Kier alpha value is -0.120. The molecule has 0 aromatic carbocycles. The van der Waals surface area contributed by atoms with E-state index in [9.17, 15) is 0 Å². The van der Waals surface area contributed by atoms with Crippen molar-refractivity contribution in [1.82, 2.24) is 10.2 Å². The van der Waals surface area contributed by atoms with E-state index >= 15 is 0 Å². The Labute approximate surface area is 112 Å². The van der Waals surface area contributed by atoms with Crippen molar-refractivity contribution in [1.29, 1.82) is 0 Å². The van der Waals surface area contributed by atoms with E-state index in [4.69, 9.17) is 4.74 Å². The maximum absolute atomic E-state index is 5.68. The van der Waals surface area contributed by atoms with Crippen LogP contribution in [0.4, 0.5) is 0 Å². The molecular formula is C15H30N2O. The summed E-state index contributed by atoms with van der Waals surface area (Å²) in [4.78, 5) is 2.56. The number of methoxy groups -OCH3 is 1. The Morgan fingerprint density at radius 1 is 1.33 bits per heavy atom. The average molecular weight is 254 g/mol. The molecule has 1 aliphatic heterocycles. The number of hydrogen-bond donors (Lipinski definition) is 1. The smallest absolute Gasteiger partial charge is 0.0802 e. The SMILES string of the molecule is CCN1CCC(C(C)NCC2(OC)CCC2)CC1. The Morgan fingerprint density at radius 2 is 2.00 bits per heavy atom. The van der Waals surface area contributed by atoms with Crippen molar-refractivity contribution in [2.24, 2.45) is 5.92 Å². The van der Waals surface area contributed by atoms with Crippen LogP contribution in [0.15, 0.2) is 0 Å². The summed E-state index contributed by atoms with van der Waals surface area (Å²) in [7, 11) is 1.87. The summed E-state index contributed by atoms with van der Waals surface area (Å²) in [6, 6.07) is 0.636. The topological polar surface area (TPSA) is 24.5 Å². The summed E-state index contributed by atoms with van der Waals surface area (Å²) in [6.07, 6.45) is 6.50. The van der Waals surface area contributed by atoms with Gasteiger partial charge in [0.25, 0.3) is 0 Å². The van der Waals surface area contributed by atoms with Crippen molar-refractivity contribution in [3.8, 4) is 0 Å². The highest BCUT2D eigenvalue weighted by Gasteiger charge is 2.37. The lowest BCUT2D eigenvalue weighted by Crippen LogP contribution is -2.52. The molecular weight excluding hydrogens is 224 g/mol. The van der Waals surface area contributed by atoms with Crippen LogP contribution in [0.2, 0.25) is 0 Å². The summed E-state index contributed by atoms with van der Waals surface area (Å²) in [6.45, 7) is 9.43. The minimum atomic E-state index is 0.165. The molecule has 2 rings (SSSR count). The first-order chi connectivity index (χ1) is 8.69. The molecule has 1 atom stereocenters. The normalized spacial score (nSPS) is 26.8. The number of ether oxygens (including phenoxy) is 1. The van der Waals surface area contributed by atoms with Crippen LogP contribution >= 0.6 is 0 Å². The molecule has 2 fully saturated rings. The first kappa shape index (κ1) is 14.3. The molecule has 0 bridgehead atoms. The maximum Gasteiger partial charge on any atom is 0.0802 e. The molecule has 0 spiro atoms. The van der Waals surface area contributed by atoms with E-state index in [0.717, 1.165) is 12.5 Å². The van der Waals surface area contributed by atoms with Gasteiger partial charge in [0.15, 0.2) is 0 Å². The van der Waals surface area contributed by atoms with Crippen molar-refractivity contribution in [3.05, 3.63) is 0 Å². The first-order valence-corrected chi connectivity index (χ1v) is 7.70. The Bertz CT molecular complexity index is 239. The van der Waals surface area contributed by atoms with Crippen LogP contribution in [0.5, 0.6) is 0 Å². The molecule has 3 nitrogen and oxygen atoms in total. The zero-order valence-corrected chi connectivity index (χ0v) is 12.4. The van der Waals surface area contributed by atoms with E-state index in [1.807, 2.05) is 7.11 Å². The summed E-state index contributed by atoms with van der Waals surface area (Å²) in [5.41, 5.74) is 0.165. The third kappa shape index (κ3) is 3.25. The molecule has 1 saturated carbocycles. The van der Waals surface area contributed by atoms with Gasteiger partial charge in [-0.1, -0.05) is 6.92 Å². The van der Waals surface area contributed by atoms with E-state index in [0.29, 0.717) is 6.04 Å². The van der Waals surface area contributed by atoms with Gasteiger partial charge < -0.3 is 15.0 Å². The van der Waals surface area contributed by atoms with Crippen molar-refractivity contribution in [2.45, 2.75) is 57.6 Å². The minimum absolute atomic E-state index is 0.165. The molecule has 18 heavy (non-hydrogen) atoms. The van der Waals surface area contributed by atoms with Crippen LogP contribution < -0.4 is 5.32 Å². The summed E-state index contributed by atoms with van der Waals surface area (Å²) in [5.74, 6) is 0.849. The second kappa shape index (κ2) is 6.36. The van der Waals surface area contributed by atoms with Crippen LogP contribution in [0.3, 0.4) is 0 Å². The predicted octanol–water partition coefficient (Wildman–Crippen LogP) is 2.27. The van der Waals surface area contributed by atoms with Crippen LogP contribution in [0.25, 0.3) is 0 Å². The van der Waals surface area contributed by atoms with E-state index in [2.05, 4.69) is 24.1 Å². The third-order valence-corrected chi connectivity index (χ3v) is 5.23. The van der Waals surface area contributed by atoms with Crippen molar-refractivity contribution in [2.75, 3.05) is 33.3 Å². The van der Waals surface area contributed by atoms with Gasteiger partial charge in [-0.05, 0) is 64.6 Å². The van der Waals surface area contributed by atoms with E-state index < -0.39 is 0 Å². The summed E-state index contributed by atoms with van der Waals surface area (Å²) >= 11 is 0. The van der Waals surface area contributed by atoms with Gasteiger partial charge in [-0.3, -0.25) is 0 Å². The average Bonchev–Trinajstić information content (AvgIpc) is 2.38. The number of hydrogen-bond acceptors (Lipinski definition) is 3. The van der Waals surface area contributed by atoms with Gasteiger partial charge >= 0.3 is 0 Å². The fourth-order valence-corrected chi connectivity index (χ4v) is 3.31. The molecule has 106 valence electrons. The molecule has 1 N–H and O–H groups in total. The lowest BCUT2D eigenvalue weighted by atomic mass is 9.79. The first-order valence-electron chi connectivity index (χ1n) is 7.70. The van der Waals surface area contributed by atoms with Gasteiger partial charge in [0.05, 0.1) is 5.60 Å². The molecule has 0 radical (unpaired) electrons. The Balaban J connectivity index is 1.70. The van der Waals surface area contributed by atoms with E-state index in [-0.39, 0.29) is 5.60 Å². The Morgan fingerprint density at radius 3 is 2.44 bits per heavy atom. The number of rotatable bonds is 6. The highest BCUT2D eigenvalue weighted by atomic mass is 16.5. The number of piperidine rings is 1. The van der Waals surface area contributed by atoms with Gasteiger partial charge in [-0.15, -0.1) is 0 Å². The number of nitrogens with zero attached hydrogens (tertiary/aromatic N) is 1. The van der Waals surface area contributed by atoms with Gasteiger partial charge in [-0.25, -0.2) is 0 Å². The molecule has 1 aliphatic carbocycles. The molecule has 0 aromatic heterocycles. The van der Waals surface area contributed by atoms with Crippen LogP contribution in [-0.2, 0) is 4.74 Å². The molecule has 1 unspecified atom stereocenters.